The number of nitrogens with zero attached hydrogens (tertiary/aromatic N) is 8. The fourth-order valence-electron chi connectivity index (χ4n) is 10.3. The van der Waals surface area contributed by atoms with Crippen LogP contribution in [0.5, 0.6) is 11.5 Å². The van der Waals surface area contributed by atoms with Gasteiger partial charge in [0.1, 0.15) is 35.4 Å². The Labute approximate surface area is 415 Å². The van der Waals surface area contributed by atoms with E-state index >= 15 is 0 Å². The SMILES string of the molecule is Nc1ncnc2c1c(-c1ccc(Oc3ccccc3)cc1)nn2C1CCCN(C(=O)/C=C/CN2CCN(CCCCCCCCCCCSc3cccc4c3CN(C3CCC(=O)NC3=O)C4=O)CC2)C1. The van der Waals surface area contributed by atoms with Crippen molar-refractivity contribution in [2.75, 3.05) is 63.8 Å². The highest BCUT2D eigenvalue weighted by molar-refractivity contribution is 7.99. The summed E-state index contributed by atoms with van der Waals surface area (Å²) >= 11 is 1.81. The number of nitrogens with one attached hydrogen (secondary N) is 1. The molecule has 0 spiro atoms. The van der Waals surface area contributed by atoms with Crippen molar-refractivity contribution in [3.05, 3.63) is 102 Å². The molecule has 0 radical (unpaired) electrons. The molecule has 15 nitrogen and oxygen atoms in total. The van der Waals surface area contributed by atoms with Gasteiger partial charge in [-0.1, -0.05) is 75.3 Å². The molecule has 0 aliphatic carbocycles. The van der Waals surface area contributed by atoms with Crippen molar-refractivity contribution in [2.24, 2.45) is 0 Å². The molecule has 3 aromatic carbocycles. The number of para-hydroxylation sites is 1. The number of carbonyl (C=O) groups is 4. The minimum Gasteiger partial charge on any atom is -0.457 e. The zero-order valence-corrected chi connectivity index (χ0v) is 41.0. The molecule has 4 aliphatic rings. The molecular formula is C54H66N10O5S. The number of anilines is 1. The summed E-state index contributed by atoms with van der Waals surface area (Å²) in [6.07, 6.45) is 19.0. The van der Waals surface area contributed by atoms with Gasteiger partial charge in [0.25, 0.3) is 5.91 Å². The second-order valence-electron chi connectivity index (χ2n) is 19.0. The molecule has 6 heterocycles. The summed E-state index contributed by atoms with van der Waals surface area (Å²) in [4.78, 5) is 69.3. The van der Waals surface area contributed by atoms with E-state index in [1.807, 2.05) is 94.1 Å². The highest BCUT2D eigenvalue weighted by Gasteiger charge is 2.40. The highest BCUT2D eigenvalue weighted by Crippen LogP contribution is 2.37. The molecule has 368 valence electrons. The van der Waals surface area contributed by atoms with E-state index in [1.54, 1.807) is 11.0 Å². The zero-order chi connectivity index (χ0) is 48.2. The molecule has 2 atom stereocenters. The summed E-state index contributed by atoms with van der Waals surface area (Å²) in [6, 6.07) is 22.7. The van der Waals surface area contributed by atoms with Gasteiger partial charge in [-0.25, -0.2) is 14.6 Å². The second-order valence-corrected chi connectivity index (χ2v) is 20.2. The van der Waals surface area contributed by atoms with Crippen LogP contribution in [0.4, 0.5) is 5.82 Å². The third kappa shape index (κ3) is 12.1. The van der Waals surface area contributed by atoms with E-state index in [4.69, 9.17) is 15.6 Å². The number of piperazine rings is 1. The van der Waals surface area contributed by atoms with Gasteiger partial charge in [0, 0.05) is 80.9 Å². The van der Waals surface area contributed by atoms with Crippen LogP contribution in [-0.4, -0.2) is 127 Å². The van der Waals surface area contributed by atoms with Crippen LogP contribution in [0.1, 0.15) is 105 Å². The minimum atomic E-state index is -0.578. The quantitative estimate of drug-likeness (QED) is 0.0313. The lowest BCUT2D eigenvalue weighted by atomic mass is 10.0. The number of likely N-dealkylation sites (tertiary alicyclic amines) is 1. The number of thioether (sulfide) groups is 1. The Bertz CT molecular complexity index is 2630. The first-order valence-electron chi connectivity index (χ1n) is 25.4. The maximum Gasteiger partial charge on any atom is 0.255 e. The van der Waals surface area contributed by atoms with Gasteiger partial charge in [-0.15, -0.1) is 11.8 Å². The standard InChI is InChI=1S/C54H66N10O5S/c55-51-49-50(39-22-24-42(25-23-39)69-41-17-9-8-10-18-41)59-64(52(49)57-38-56-51)40-16-14-30-62(36-40)48(66)21-15-29-61-33-31-60(32-34-61)28-11-6-4-2-1-3-5-7-12-35-70-46-20-13-19-43-44(46)37-63(54(43)68)45-26-27-47(65)58-53(45)67/h8-10,13,15,17-25,38,40,45H,1-7,11-12,14,16,26-37H2,(H2,55,56,57)(H,58,65,67)/b21-15+. The molecule has 2 aromatic heterocycles. The van der Waals surface area contributed by atoms with Crippen molar-refractivity contribution < 1.29 is 23.9 Å². The molecule has 70 heavy (non-hydrogen) atoms. The van der Waals surface area contributed by atoms with Gasteiger partial charge in [-0.2, -0.15) is 5.10 Å². The van der Waals surface area contributed by atoms with Crippen LogP contribution >= 0.6 is 11.8 Å². The molecule has 16 heteroatoms. The van der Waals surface area contributed by atoms with Crippen LogP contribution in [0.15, 0.2) is 96.2 Å². The first-order valence-corrected chi connectivity index (χ1v) is 26.4. The van der Waals surface area contributed by atoms with E-state index in [0.717, 1.165) is 91.8 Å². The summed E-state index contributed by atoms with van der Waals surface area (Å²) in [7, 11) is 0. The molecule has 0 saturated carbocycles. The molecule has 3 fully saturated rings. The Morgan fingerprint density at radius 3 is 2.30 bits per heavy atom. The van der Waals surface area contributed by atoms with E-state index in [1.165, 1.54) is 57.7 Å². The predicted octanol–water partition coefficient (Wildman–Crippen LogP) is 8.27. The van der Waals surface area contributed by atoms with Crippen molar-refractivity contribution in [1.82, 2.24) is 44.7 Å². The van der Waals surface area contributed by atoms with Crippen LogP contribution in [0.3, 0.4) is 0 Å². The molecule has 5 aromatic rings. The first-order chi connectivity index (χ1) is 34.3. The van der Waals surface area contributed by atoms with Crippen LogP contribution in [0.25, 0.3) is 22.3 Å². The summed E-state index contributed by atoms with van der Waals surface area (Å²) in [6.45, 7) is 7.80. The molecule has 3 saturated heterocycles. The Kier molecular flexibility index (Phi) is 16.5. The molecule has 4 amide bonds. The van der Waals surface area contributed by atoms with Gasteiger partial charge in [0.2, 0.25) is 17.7 Å². The number of unbranched alkanes of at least 4 members (excludes halogenated alkanes) is 8. The Morgan fingerprint density at radius 1 is 0.800 bits per heavy atom. The van der Waals surface area contributed by atoms with Crippen molar-refractivity contribution in [1.29, 1.82) is 0 Å². The van der Waals surface area contributed by atoms with Crippen LogP contribution in [0.2, 0.25) is 0 Å². The number of rotatable bonds is 21. The largest absolute Gasteiger partial charge is 0.457 e. The van der Waals surface area contributed by atoms with E-state index < -0.39 is 6.04 Å². The van der Waals surface area contributed by atoms with Crippen molar-refractivity contribution in [3.8, 4) is 22.8 Å². The van der Waals surface area contributed by atoms with Crippen molar-refractivity contribution in [3.63, 3.8) is 0 Å². The third-order valence-electron chi connectivity index (χ3n) is 14.2. The van der Waals surface area contributed by atoms with E-state index in [9.17, 15) is 19.2 Å². The number of amides is 4. The highest BCUT2D eigenvalue weighted by atomic mass is 32.2. The van der Waals surface area contributed by atoms with Crippen LogP contribution < -0.4 is 15.8 Å². The fraction of sp³-hybridized carbons (Fsp3) is 0.463. The molecule has 9 rings (SSSR count). The number of hydrogen-bond acceptors (Lipinski definition) is 12. The van der Waals surface area contributed by atoms with Crippen LogP contribution in [0, 0.1) is 0 Å². The maximum absolute atomic E-state index is 13.5. The van der Waals surface area contributed by atoms with Gasteiger partial charge in [0.05, 0.1) is 11.4 Å². The number of ether oxygens (including phenoxy) is 1. The Balaban J connectivity index is 0.624. The first kappa shape index (κ1) is 48.9. The lowest BCUT2D eigenvalue weighted by Crippen LogP contribution is -2.52. The number of aromatic nitrogens is 4. The number of nitrogens with two attached hydrogens (primary N) is 1. The molecule has 2 unspecified atom stereocenters. The number of benzene rings is 3. The van der Waals surface area contributed by atoms with Gasteiger partial charge in [-0.05, 0) is 98.5 Å². The van der Waals surface area contributed by atoms with Crippen molar-refractivity contribution in [2.45, 2.75) is 107 Å². The smallest absolute Gasteiger partial charge is 0.255 e. The lowest BCUT2D eigenvalue weighted by molar-refractivity contribution is -0.137. The van der Waals surface area contributed by atoms with Gasteiger partial charge in [-0.3, -0.25) is 29.4 Å². The molecule has 0 bridgehead atoms. The predicted molar refractivity (Wildman–Crippen MR) is 273 cm³/mol. The van der Waals surface area contributed by atoms with Gasteiger partial charge < -0.3 is 25.2 Å². The summed E-state index contributed by atoms with van der Waals surface area (Å²) in [5, 5.41) is 8.16. The van der Waals surface area contributed by atoms with E-state index in [-0.39, 0.29) is 36.1 Å². The van der Waals surface area contributed by atoms with Gasteiger partial charge in [0.15, 0.2) is 5.65 Å². The van der Waals surface area contributed by atoms with Crippen molar-refractivity contribution >= 4 is 52.2 Å². The summed E-state index contributed by atoms with van der Waals surface area (Å²) in [5.74, 6) is 2.17. The summed E-state index contributed by atoms with van der Waals surface area (Å²) in [5.41, 5.74) is 10.4. The van der Waals surface area contributed by atoms with E-state index in [0.29, 0.717) is 54.2 Å². The minimum absolute atomic E-state index is 0.0353. The zero-order valence-electron chi connectivity index (χ0n) is 40.2. The number of fused-ring (bicyclic) bond motifs is 2. The average molecular weight is 967 g/mol. The third-order valence-corrected chi connectivity index (χ3v) is 15.4. The average Bonchev–Trinajstić information content (AvgIpc) is 3.94. The number of imide groups is 1. The number of piperidine rings is 2. The Morgan fingerprint density at radius 2 is 1.53 bits per heavy atom. The van der Waals surface area contributed by atoms with Gasteiger partial charge >= 0.3 is 0 Å². The monoisotopic (exact) mass is 966 g/mol. The number of hydrogen-bond donors (Lipinski definition) is 2. The van der Waals surface area contributed by atoms with E-state index in [2.05, 4.69) is 31.2 Å². The molecule has 4 aliphatic heterocycles. The number of carbonyl (C=O) groups excluding carboxylic acids is 4. The van der Waals surface area contributed by atoms with Crippen LogP contribution in [-0.2, 0) is 20.9 Å². The number of nitrogen functional groups attached to an aromatic ring is 1. The fourth-order valence-corrected chi connectivity index (χ4v) is 11.4. The topological polar surface area (TPSA) is 172 Å². The Hall–Kier alpha value is -6.10. The maximum atomic E-state index is 13.5. The summed E-state index contributed by atoms with van der Waals surface area (Å²) < 4.78 is 7.95. The second kappa shape index (κ2) is 23.7. The lowest BCUT2D eigenvalue weighted by Gasteiger charge is -2.34. The molecular weight excluding hydrogens is 901 g/mol. The normalized spacial score (nSPS) is 19.1. The molecule has 3 N–H and O–H groups in total.